The molecule has 4 heteroatoms. The van der Waals surface area contributed by atoms with Crippen LogP contribution in [0.1, 0.15) is 29.0 Å². The van der Waals surface area contributed by atoms with Gasteiger partial charge in [0, 0.05) is 19.5 Å². The zero-order chi connectivity index (χ0) is 16.5. The first-order chi connectivity index (χ1) is 11.7. The van der Waals surface area contributed by atoms with Crippen LogP contribution in [0.5, 0.6) is 0 Å². The summed E-state index contributed by atoms with van der Waals surface area (Å²) in [5.74, 6) is -0.450. The topological polar surface area (TPSA) is 40.6 Å². The van der Waals surface area contributed by atoms with Crippen LogP contribution < -0.4 is 0 Å². The van der Waals surface area contributed by atoms with Crippen LogP contribution in [0.3, 0.4) is 0 Å². The van der Waals surface area contributed by atoms with Crippen molar-refractivity contribution in [1.82, 2.24) is 9.80 Å². The molecule has 0 radical (unpaired) electrons. The molecular weight excluding hydrogens is 300 g/mol. The Kier molecular flexibility index (Phi) is 3.90. The standard InChI is InChI=1S/C20H20N2O2/c23-19-12-18(16-7-2-1-3-8-16)20(24)22(19)14-21-11-10-15-6-4-5-9-17(15)13-21/h1-9,18H,10-14H2/t18-/m0/s1. The van der Waals surface area contributed by atoms with E-state index in [0.717, 1.165) is 25.1 Å². The summed E-state index contributed by atoms with van der Waals surface area (Å²) in [7, 11) is 0. The monoisotopic (exact) mass is 320 g/mol. The van der Waals surface area contributed by atoms with Crippen LogP contribution in [0.25, 0.3) is 0 Å². The van der Waals surface area contributed by atoms with Crippen LogP contribution in [0.4, 0.5) is 0 Å². The summed E-state index contributed by atoms with van der Waals surface area (Å²) in [5, 5.41) is 0. The van der Waals surface area contributed by atoms with Gasteiger partial charge in [0.05, 0.1) is 12.6 Å². The second kappa shape index (κ2) is 6.21. The van der Waals surface area contributed by atoms with Gasteiger partial charge in [-0.2, -0.15) is 0 Å². The third-order valence-electron chi connectivity index (χ3n) is 5.00. The molecule has 0 spiro atoms. The highest BCUT2D eigenvalue weighted by molar-refractivity contribution is 6.06. The second-order valence-corrected chi connectivity index (χ2v) is 6.54. The van der Waals surface area contributed by atoms with Gasteiger partial charge in [0.2, 0.25) is 11.8 Å². The molecule has 1 saturated heterocycles. The predicted octanol–water partition coefficient (Wildman–Crippen LogP) is 2.54. The molecule has 1 atom stereocenters. The highest BCUT2D eigenvalue weighted by atomic mass is 16.2. The molecule has 0 bridgehead atoms. The SMILES string of the molecule is O=C1C[C@@H](c2ccccc2)C(=O)N1CN1CCc2ccccc2C1. The first kappa shape index (κ1) is 15.1. The minimum absolute atomic E-state index is 0.0623. The summed E-state index contributed by atoms with van der Waals surface area (Å²) in [6.07, 6.45) is 1.25. The smallest absolute Gasteiger partial charge is 0.238 e. The van der Waals surface area contributed by atoms with E-state index in [0.29, 0.717) is 6.67 Å². The third-order valence-corrected chi connectivity index (χ3v) is 5.00. The van der Waals surface area contributed by atoms with Gasteiger partial charge in [0.25, 0.3) is 0 Å². The fraction of sp³-hybridized carbons (Fsp3) is 0.300. The molecule has 0 unspecified atom stereocenters. The number of rotatable bonds is 3. The van der Waals surface area contributed by atoms with Crippen molar-refractivity contribution in [3.05, 3.63) is 71.3 Å². The van der Waals surface area contributed by atoms with Crippen molar-refractivity contribution in [3.8, 4) is 0 Å². The van der Waals surface area contributed by atoms with Crippen molar-refractivity contribution < 1.29 is 9.59 Å². The number of imide groups is 1. The second-order valence-electron chi connectivity index (χ2n) is 6.54. The number of benzene rings is 2. The van der Waals surface area contributed by atoms with Gasteiger partial charge in [-0.25, -0.2) is 0 Å². The summed E-state index contributed by atoms with van der Waals surface area (Å²) < 4.78 is 0. The van der Waals surface area contributed by atoms with Gasteiger partial charge in [-0.15, -0.1) is 0 Å². The van der Waals surface area contributed by atoms with Crippen molar-refractivity contribution in [2.45, 2.75) is 25.3 Å². The number of amides is 2. The van der Waals surface area contributed by atoms with Crippen LogP contribution >= 0.6 is 0 Å². The zero-order valence-electron chi connectivity index (χ0n) is 13.5. The van der Waals surface area contributed by atoms with E-state index in [9.17, 15) is 9.59 Å². The van der Waals surface area contributed by atoms with E-state index in [1.54, 1.807) is 0 Å². The molecule has 2 aromatic rings. The maximum atomic E-state index is 12.7. The molecule has 24 heavy (non-hydrogen) atoms. The maximum absolute atomic E-state index is 12.7. The van der Waals surface area contributed by atoms with Gasteiger partial charge < -0.3 is 0 Å². The summed E-state index contributed by atoms with van der Waals surface area (Å²) >= 11 is 0. The highest BCUT2D eigenvalue weighted by Gasteiger charge is 2.40. The summed E-state index contributed by atoms with van der Waals surface area (Å²) in [6.45, 7) is 2.07. The summed E-state index contributed by atoms with van der Waals surface area (Å²) in [6, 6.07) is 18.0. The van der Waals surface area contributed by atoms with Gasteiger partial charge in [0.15, 0.2) is 0 Å². The number of hydrogen-bond acceptors (Lipinski definition) is 3. The Labute approximate surface area is 141 Å². The van der Waals surface area contributed by atoms with Gasteiger partial charge in [0.1, 0.15) is 0 Å². The molecule has 0 aromatic heterocycles. The summed E-state index contributed by atoms with van der Waals surface area (Å²) in [5.41, 5.74) is 3.60. The van der Waals surface area contributed by atoms with Crippen molar-refractivity contribution >= 4 is 11.8 Å². The van der Waals surface area contributed by atoms with Crippen LogP contribution in [0, 0.1) is 0 Å². The van der Waals surface area contributed by atoms with Gasteiger partial charge in [-0.3, -0.25) is 19.4 Å². The van der Waals surface area contributed by atoms with E-state index in [2.05, 4.69) is 23.1 Å². The molecule has 4 nitrogen and oxygen atoms in total. The summed E-state index contributed by atoms with van der Waals surface area (Å²) in [4.78, 5) is 28.7. The van der Waals surface area contributed by atoms with Crippen LogP contribution in [-0.2, 0) is 22.6 Å². The van der Waals surface area contributed by atoms with Crippen LogP contribution in [-0.4, -0.2) is 34.8 Å². The van der Waals surface area contributed by atoms with Crippen molar-refractivity contribution in [2.24, 2.45) is 0 Å². The Morgan fingerprint density at radius 1 is 0.917 bits per heavy atom. The van der Waals surface area contributed by atoms with Crippen molar-refractivity contribution in [3.63, 3.8) is 0 Å². The number of carbonyl (C=O) groups excluding carboxylic acids is 2. The lowest BCUT2D eigenvalue weighted by molar-refractivity contribution is -0.141. The Bertz CT molecular complexity index is 772. The van der Waals surface area contributed by atoms with Gasteiger partial charge >= 0.3 is 0 Å². The molecule has 0 aliphatic carbocycles. The Balaban J connectivity index is 1.48. The number of hydrogen-bond donors (Lipinski definition) is 0. The average Bonchev–Trinajstić information content (AvgIpc) is 2.90. The molecule has 2 aliphatic rings. The molecule has 2 aliphatic heterocycles. The molecule has 2 heterocycles. The molecule has 2 aromatic carbocycles. The molecule has 122 valence electrons. The largest absolute Gasteiger partial charge is 0.281 e. The Hall–Kier alpha value is -2.46. The molecule has 1 fully saturated rings. The number of likely N-dealkylation sites (tertiary alicyclic amines) is 1. The molecule has 0 saturated carbocycles. The third kappa shape index (κ3) is 2.74. The predicted molar refractivity (Wildman–Crippen MR) is 91.1 cm³/mol. The first-order valence-corrected chi connectivity index (χ1v) is 8.40. The fourth-order valence-electron chi connectivity index (χ4n) is 3.65. The average molecular weight is 320 g/mol. The minimum atomic E-state index is -0.323. The minimum Gasteiger partial charge on any atom is -0.281 e. The van der Waals surface area contributed by atoms with E-state index >= 15 is 0 Å². The molecule has 2 amide bonds. The Morgan fingerprint density at radius 3 is 2.42 bits per heavy atom. The maximum Gasteiger partial charge on any atom is 0.238 e. The molecule has 4 rings (SSSR count). The van der Waals surface area contributed by atoms with Gasteiger partial charge in [-0.1, -0.05) is 54.6 Å². The van der Waals surface area contributed by atoms with Crippen LogP contribution in [0.15, 0.2) is 54.6 Å². The van der Waals surface area contributed by atoms with Crippen molar-refractivity contribution in [2.75, 3.05) is 13.2 Å². The lowest BCUT2D eigenvalue weighted by Crippen LogP contribution is -2.43. The number of fused-ring (bicyclic) bond motifs is 1. The van der Waals surface area contributed by atoms with E-state index in [1.165, 1.54) is 16.0 Å². The molecular formula is C20H20N2O2. The quantitative estimate of drug-likeness (QED) is 0.816. The highest BCUT2D eigenvalue weighted by Crippen LogP contribution is 2.30. The van der Waals surface area contributed by atoms with Gasteiger partial charge in [-0.05, 0) is 23.1 Å². The van der Waals surface area contributed by atoms with E-state index in [-0.39, 0.29) is 24.2 Å². The van der Waals surface area contributed by atoms with E-state index in [1.807, 2.05) is 36.4 Å². The number of nitrogens with zero attached hydrogens (tertiary/aromatic N) is 2. The van der Waals surface area contributed by atoms with Crippen LogP contribution in [0.2, 0.25) is 0 Å². The lowest BCUT2D eigenvalue weighted by Gasteiger charge is -2.31. The van der Waals surface area contributed by atoms with E-state index in [4.69, 9.17) is 0 Å². The molecule has 0 N–H and O–H groups in total. The lowest BCUT2D eigenvalue weighted by atomic mass is 9.98. The number of carbonyl (C=O) groups is 2. The fourth-order valence-corrected chi connectivity index (χ4v) is 3.65. The van der Waals surface area contributed by atoms with E-state index < -0.39 is 0 Å². The zero-order valence-corrected chi connectivity index (χ0v) is 13.5. The normalized spacial score (nSPS) is 21.2. The Morgan fingerprint density at radius 2 is 1.62 bits per heavy atom. The first-order valence-electron chi connectivity index (χ1n) is 8.40. The van der Waals surface area contributed by atoms with Crippen molar-refractivity contribution in [1.29, 1.82) is 0 Å².